The molecule has 0 radical (unpaired) electrons. The third kappa shape index (κ3) is 3.98. The largest absolute Gasteiger partial charge is 0.354 e. The van der Waals surface area contributed by atoms with Crippen LogP contribution in [0.15, 0.2) is 48.9 Å². The molecule has 140 valence electrons. The number of nitrogens with zero attached hydrogens (tertiary/aromatic N) is 5. The molecule has 2 aromatic heterocycles. The van der Waals surface area contributed by atoms with Gasteiger partial charge in [-0.3, -0.25) is 0 Å². The second-order valence-electron chi connectivity index (χ2n) is 6.88. The van der Waals surface area contributed by atoms with E-state index in [0.717, 1.165) is 24.2 Å². The molecular formula is C20H23FN6. The van der Waals surface area contributed by atoms with Crippen LogP contribution in [0.2, 0.25) is 0 Å². The highest BCUT2D eigenvalue weighted by molar-refractivity contribution is 5.58. The summed E-state index contributed by atoms with van der Waals surface area (Å²) < 4.78 is 15.5. The van der Waals surface area contributed by atoms with Crippen LogP contribution in [0.4, 0.5) is 10.3 Å². The molecule has 0 bridgehead atoms. The molecule has 1 aliphatic heterocycles. The minimum atomic E-state index is -0.311. The lowest BCUT2D eigenvalue weighted by Crippen LogP contribution is -2.27. The minimum Gasteiger partial charge on any atom is -0.354 e. The molecule has 0 saturated carbocycles. The Bertz CT molecular complexity index is 909. The van der Waals surface area contributed by atoms with Crippen molar-refractivity contribution in [3.63, 3.8) is 0 Å². The van der Waals surface area contributed by atoms with E-state index in [1.807, 2.05) is 6.07 Å². The fraction of sp³-hybridized carbons (Fsp3) is 0.350. The molecule has 0 aliphatic carbocycles. The van der Waals surface area contributed by atoms with Crippen molar-refractivity contribution in [2.24, 2.45) is 0 Å². The number of likely N-dealkylation sites (tertiary alicyclic amines) is 1. The summed E-state index contributed by atoms with van der Waals surface area (Å²) in [5.41, 5.74) is 1.99. The zero-order valence-corrected chi connectivity index (χ0v) is 15.3. The van der Waals surface area contributed by atoms with E-state index in [1.165, 1.54) is 30.1 Å². The first-order valence-corrected chi connectivity index (χ1v) is 9.28. The molecule has 1 aromatic carbocycles. The van der Waals surface area contributed by atoms with Gasteiger partial charge in [0.05, 0.1) is 11.9 Å². The first kappa shape index (κ1) is 17.6. The maximum Gasteiger partial charge on any atom is 0.223 e. The maximum atomic E-state index is 13.9. The van der Waals surface area contributed by atoms with Crippen molar-refractivity contribution < 1.29 is 4.39 Å². The average Bonchev–Trinajstić information content (AvgIpc) is 3.32. The summed E-state index contributed by atoms with van der Waals surface area (Å²) >= 11 is 0. The molecule has 4 rings (SSSR count). The van der Waals surface area contributed by atoms with E-state index in [9.17, 15) is 4.39 Å². The standard InChI is InChI=1S/C20H23FN6/c1-26-12-4-5-16(26)8-10-22-20-23-11-9-18(25-20)15-13-24-27(14-15)19-7-3-2-6-17(19)21/h2-3,6-7,9,11,13-14,16H,4-5,8,10,12H2,1H3,(H,22,23,25)/t16-/m1/s1. The minimum absolute atomic E-state index is 0.311. The van der Waals surface area contributed by atoms with Gasteiger partial charge in [-0.2, -0.15) is 5.10 Å². The van der Waals surface area contributed by atoms with Crippen LogP contribution in [-0.4, -0.2) is 50.8 Å². The number of nitrogens with one attached hydrogen (secondary N) is 1. The van der Waals surface area contributed by atoms with Crippen molar-refractivity contribution in [2.45, 2.75) is 25.3 Å². The Morgan fingerprint density at radius 1 is 1.26 bits per heavy atom. The highest BCUT2D eigenvalue weighted by Gasteiger charge is 2.20. The number of rotatable bonds is 6. The molecule has 1 fully saturated rings. The van der Waals surface area contributed by atoms with Crippen LogP contribution < -0.4 is 5.32 Å². The molecule has 0 amide bonds. The number of anilines is 1. The molecule has 27 heavy (non-hydrogen) atoms. The average molecular weight is 366 g/mol. The Morgan fingerprint density at radius 2 is 2.15 bits per heavy atom. The Kier molecular flexibility index (Phi) is 5.11. The second-order valence-corrected chi connectivity index (χ2v) is 6.88. The summed E-state index contributed by atoms with van der Waals surface area (Å²) in [6.07, 6.45) is 8.81. The van der Waals surface area contributed by atoms with Gasteiger partial charge in [-0.05, 0) is 51.1 Å². The van der Waals surface area contributed by atoms with E-state index in [-0.39, 0.29) is 5.82 Å². The van der Waals surface area contributed by atoms with Gasteiger partial charge >= 0.3 is 0 Å². The molecule has 0 spiro atoms. The van der Waals surface area contributed by atoms with E-state index in [0.29, 0.717) is 17.7 Å². The summed E-state index contributed by atoms with van der Waals surface area (Å²) in [7, 11) is 2.18. The lowest BCUT2D eigenvalue weighted by Gasteiger charge is -2.19. The summed E-state index contributed by atoms with van der Waals surface area (Å²) in [6, 6.07) is 9.03. The smallest absolute Gasteiger partial charge is 0.223 e. The first-order valence-electron chi connectivity index (χ1n) is 9.28. The van der Waals surface area contributed by atoms with Gasteiger partial charge in [0.2, 0.25) is 5.95 Å². The van der Waals surface area contributed by atoms with Gasteiger partial charge in [0.15, 0.2) is 0 Å². The van der Waals surface area contributed by atoms with E-state index >= 15 is 0 Å². The first-order chi connectivity index (χ1) is 13.2. The fourth-order valence-corrected chi connectivity index (χ4v) is 3.52. The number of halogens is 1. The third-order valence-electron chi connectivity index (χ3n) is 5.07. The van der Waals surface area contributed by atoms with Crippen LogP contribution in [0.1, 0.15) is 19.3 Å². The highest BCUT2D eigenvalue weighted by Crippen LogP contribution is 2.21. The molecular weight excluding hydrogens is 343 g/mol. The Balaban J connectivity index is 1.44. The zero-order chi connectivity index (χ0) is 18.6. The number of hydrogen-bond acceptors (Lipinski definition) is 5. The SMILES string of the molecule is CN1CCC[C@@H]1CCNc1nccc(-c2cnn(-c3ccccc3F)c2)n1. The zero-order valence-electron chi connectivity index (χ0n) is 15.3. The highest BCUT2D eigenvalue weighted by atomic mass is 19.1. The van der Waals surface area contributed by atoms with E-state index in [2.05, 4.69) is 32.3 Å². The molecule has 1 N–H and O–H groups in total. The van der Waals surface area contributed by atoms with Crippen molar-refractivity contribution in [3.05, 3.63) is 54.7 Å². The fourth-order valence-electron chi connectivity index (χ4n) is 3.52. The maximum absolute atomic E-state index is 13.9. The molecule has 7 heteroatoms. The van der Waals surface area contributed by atoms with Gasteiger partial charge in [0, 0.05) is 30.5 Å². The van der Waals surface area contributed by atoms with Crippen LogP contribution in [0, 0.1) is 5.82 Å². The lowest BCUT2D eigenvalue weighted by atomic mass is 10.1. The van der Waals surface area contributed by atoms with Crippen molar-refractivity contribution in [2.75, 3.05) is 25.5 Å². The van der Waals surface area contributed by atoms with Gasteiger partial charge in [0.1, 0.15) is 11.5 Å². The third-order valence-corrected chi connectivity index (χ3v) is 5.07. The van der Waals surface area contributed by atoms with Crippen molar-refractivity contribution in [1.29, 1.82) is 0 Å². The number of hydrogen-bond donors (Lipinski definition) is 1. The lowest BCUT2D eigenvalue weighted by molar-refractivity contribution is 0.301. The van der Waals surface area contributed by atoms with Gasteiger partial charge < -0.3 is 10.2 Å². The van der Waals surface area contributed by atoms with Gasteiger partial charge in [0.25, 0.3) is 0 Å². The molecule has 1 saturated heterocycles. The predicted molar refractivity (Wildman–Crippen MR) is 103 cm³/mol. The molecule has 6 nitrogen and oxygen atoms in total. The van der Waals surface area contributed by atoms with Gasteiger partial charge in [-0.15, -0.1) is 0 Å². The van der Waals surface area contributed by atoms with Crippen LogP contribution in [-0.2, 0) is 0 Å². The van der Waals surface area contributed by atoms with Crippen molar-refractivity contribution in [1.82, 2.24) is 24.6 Å². The van der Waals surface area contributed by atoms with Crippen molar-refractivity contribution in [3.8, 4) is 16.9 Å². The Morgan fingerprint density at radius 3 is 2.96 bits per heavy atom. The van der Waals surface area contributed by atoms with E-state index in [4.69, 9.17) is 0 Å². The van der Waals surface area contributed by atoms with Gasteiger partial charge in [-0.1, -0.05) is 12.1 Å². The second kappa shape index (κ2) is 7.84. The topological polar surface area (TPSA) is 58.9 Å². The number of aromatic nitrogens is 4. The van der Waals surface area contributed by atoms with Crippen LogP contribution in [0.5, 0.6) is 0 Å². The molecule has 3 aromatic rings. The number of benzene rings is 1. The van der Waals surface area contributed by atoms with Crippen molar-refractivity contribution >= 4 is 5.95 Å². The summed E-state index contributed by atoms with van der Waals surface area (Å²) in [6.45, 7) is 2.02. The van der Waals surface area contributed by atoms with Gasteiger partial charge in [-0.25, -0.2) is 19.0 Å². The normalized spacial score (nSPS) is 17.3. The summed E-state index contributed by atoms with van der Waals surface area (Å²) in [5, 5.41) is 7.58. The van der Waals surface area contributed by atoms with Crippen LogP contribution in [0.3, 0.4) is 0 Å². The summed E-state index contributed by atoms with van der Waals surface area (Å²) in [4.78, 5) is 11.3. The Hall–Kier alpha value is -2.80. The Labute approximate surface area is 158 Å². The predicted octanol–water partition coefficient (Wildman–Crippen LogP) is 3.36. The monoisotopic (exact) mass is 366 g/mol. The van der Waals surface area contributed by atoms with E-state index < -0.39 is 0 Å². The van der Waals surface area contributed by atoms with Crippen LogP contribution >= 0.6 is 0 Å². The molecule has 0 unspecified atom stereocenters. The van der Waals surface area contributed by atoms with E-state index in [1.54, 1.807) is 36.8 Å². The quantitative estimate of drug-likeness (QED) is 0.725. The molecule has 1 atom stereocenters. The molecule has 1 aliphatic rings. The van der Waals surface area contributed by atoms with Crippen LogP contribution in [0.25, 0.3) is 16.9 Å². The number of para-hydroxylation sites is 1. The summed E-state index contributed by atoms with van der Waals surface area (Å²) in [5.74, 6) is 0.292. The molecule has 3 heterocycles.